The molecular weight excluding hydrogens is 165 g/mol. The summed E-state index contributed by atoms with van der Waals surface area (Å²) in [7, 11) is 0. The molecule has 70 valence electrons. The first kappa shape index (κ1) is 8.70. The van der Waals surface area contributed by atoms with E-state index in [1.807, 2.05) is 12.1 Å². The smallest absolute Gasteiger partial charge is 0.126 e. The van der Waals surface area contributed by atoms with Crippen LogP contribution in [0.15, 0.2) is 24.3 Å². The van der Waals surface area contributed by atoms with Crippen LogP contribution >= 0.6 is 0 Å². The van der Waals surface area contributed by atoms with Gasteiger partial charge in [0.1, 0.15) is 5.82 Å². The van der Waals surface area contributed by atoms with Crippen molar-refractivity contribution in [2.75, 3.05) is 6.54 Å². The van der Waals surface area contributed by atoms with Gasteiger partial charge in [-0.05, 0) is 37.4 Å². The molecule has 1 N–H and O–H groups in total. The highest BCUT2D eigenvalue weighted by atomic mass is 19.1. The van der Waals surface area contributed by atoms with E-state index in [0.29, 0.717) is 6.04 Å². The quantitative estimate of drug-likeness (QED) is 0.733. The normalized spacial score (nSPS) is 22.1. The number of halogens is 1. The highest BCUT2D eigenvalue weighted by molar-refractivity contribution is 5.18. The fraction of sp³-hybridized carbons (Fsp3) is 0.455. The highest BCUT2D eigenvalue weighted by Gasteiger charge is 2.15. The molecule has 1 heterocycles. The van der Waals surface area contributed by atoms with Gasteiger partial charge in [0.2, 0.25) is 0 Å². The van der Waals surface area contributed by atoms with Crippen molar-refractivity contribution in [3.8, 4) is 0 Å². The summed E-state index contributed by atoms with van der Waals surface area (Å²) in [6, 6.07) is 7.52. The first-order valence-electron chi connectivity index (χ1n) is 4.83. The van der Waals surface area contributed by atoms with Crippen molar-refractivity contribution >= 4 is 0 Å². The van der Waals surface area contributed by atoms with Crippen molar-refractivity contribution in [2.24, 2.45) is 0 Å². The Hall–Kier alpha value is -0.890. The summed E-state index contributed by atoms with van der Waals surface area (Å²) in [6.07, 6.45) is 3.22. The molecule has 1 nitrogen and oxygen atoms in total. The summed E-state index contributed by atoms with van der Waals surface area (Å²) in [4.78, 5) is 0. The molecule has 1 aromatic carbocycles. The van der Waals surface area contributed by atoms with Crippen molar-refractivity contribution in [3.63, 3.8) is 0 Å². The molecule has 0 saturated carbocycles. The first-order chi connectivity index (χ1) is 6.36. The third-order valence-corrected chi connectivity index (χ3v) is 2.59. The Bertz CT molecular complexity index is 279. The van der Waals surface area contributed by atoms with E-state index in [2.05, 4.69) is 5.32 Å². The van der Waals surface area contributed by atoms with E-state index >= 15 is 0 Å². The number of hydrogen-bond acceptors (Lipinski definition) is 1. The fourth-order valence-corrected chi connectivity index (χ4v) is 1.86. The van der Waals surface area contributed by atoms with Gasteiger partial charge in [0.05, 0.1) is 0 Å². The summed E-state index contributed by atoms with van der Waals surface area (Å²) < 4.78 is 13.2. The van der Waals surface area contributed by atoms with Gasteiger partial charge in [0, 0.05) is 6.04 Å². The predicted molar refractivity (Wildman–Crippen MR) is 51.1 cm³/mol. The molecule has 13 heavy (non-hydrogen) atoms. The largest absolute Gasteiger partial charge is 0.314 e. The van der Waals surface area contributed by atoms with E-state index in [1.165, 1.54) is 18.9 Å². The molecule has 0 amide bonds. The number of benzene rings is 1. The topological polar surface area (TPSA) is 12.0 Å². The van der Waals surface area contributed by atoms with Crippen LogP contribution in [0, 0.1) is 5.82 Å². The zero-order valence-electron chi connectivity index (χ0n) is 7.59. The summed E-state index contributed by atoms with van der Waals surface area (Å²) >= 11 is 0. The van der Waals surface area contributed by atoms with Gasteiger partial charge in [-0.2, -0.15) is 0 Å². The molecule has 0 aliphatic carbocycles. The lowest BCUT2D eigenvalue weighted by molar-refractivity contribution is 0.560. The molecule has 0 unspecified atom stereocenters. The zero-order valence-corrected chi connectivity index (χ0v) is 7.59. The third-order valence-electron chi connectivity index (χ3n) is 2.59. The predicted octanol–water partition coefficient (Wildman–Crippen LogP) is 2.12. The molecular formula is C11H14FN. The van der Waals surface area contributed by atoms with Gasteiger partial charge >= 0.3 is 0 Å². The van der Waals surface area contributed by atoms with Crippen LogP contribution < -0.4 is 5.32 Å². The van der Waals surface area contributed by atoms with Gasteiger partial charge in [-0.15, -0.1) is 0 Å². The molecule has 1 atom stereocenters. The van der Waals surface area contributed by atoms with E-state index in [1.54, 1.807) is 6.07 Å². The second-order valence-corrected chi connectivity index (χ2v) is 3.59. The van der Waals surface area contributed by atoms with Crippen LogP contribution in [0.4, 0.5) is 4.39 Å². The molecule has 0 aromatic heterocycles. The Morgan fingerprint density at radius 1 is 1.38 bits per heavy atom. The zero-order chi connectivity index (χ0) is 9.10. The van der Waals surface area contributed by atoms with E-state index in [9.17, 15) is 4.39 Å². The molecule has 2 heteroatoms. The monoisotopic (exact) mass is 179 g/mol. The maximum absolute atomic E-state index is 13.2. The summed E-state index contributed by atoms with van der Waals surface area (Å²) in [5.74, 6) is -0.0730. The van der Waals surface area contributed by atoms with Crippen LogP contribution in [0.2, 0.25) is 0 Å². The number of nitrogens with one attached hydrogen (secondary N) is 1. The van der Waals surface area contributed by atoms with Gasteiger partial charge < -0.3 is 5.32 Å². The lowest BCUT2D eigenvalue weighted by Gasteiger charge is -2.10. The van der Waals surface area contributed by atoms with Crippen molar-refractivity contribution in [3.05, 3.63) is 35.6 Å². The maximum atomic E-state index is 13.2. The molecule has 2 rings (SSSR count). The van der Waals surface area contributed by atoms with Crippen molar-refractivity contribution in [2.45, 2.75) is 25.3 Å². The summed E-state index contributed by atoms with van der Waals surface area (Å²) in [5.41, 5.74) is 0.835. The number of hydrogen-bond donors (Lipinski definition) is 1. The van der Waals surface area contributed by atoms with Crippen LogP contribution in [-0.2, 0) is 6.42 Å². The van der Waals surface area contributed by atoms with Gasteiger partial charge in [-0.25, -0.2) is 4.39 Å². The van der Waals surface area contributed by atoms with Crippen molar-refractivity contribution in [1.29, 1.82) is 0 Å². The van der Waals surface area contributed by atoms with Gasteiger partial charge in [-0.1, -0.05) is 18.2 Å². The van der Waals surface area contributed by atoms with Crippen molar-refractivity contribution in [1.82, 2.24) is 5.32 Å². The molecule has 1 aliphatic rings. The standard InChI is InChI=1S/C11H14FN/c12-11-6-2-1-4-9(11)8-10-5-3-7-13-10/h1-2,4,6,10,13H,3,5,7-8H2/t10-/m0/s1. The molecule has 0 spiro atoms. The highest BCUT2D eigenvalue weighted by Crippen LogP contribution is 2.14. The summed E-state index contributed by atoms with van der Waals surface area (Å²) in [5, 5.41) is 3.37. The van der Waals surface area contributed by atoms with Crippen LogP contribution in [-0.4, -0.2) is 12.6 Å². The average molecular weight is 179 g/mol. The van der Waals surface area contributed by atoms with Gasteiger partial charge in [0.25, 0.3) is 0 Å². The number of rotatable bonds is 2. The second kappa shape index (κ2) is 3.88. The summed E-state index contributed by atoms with van der Waals surface area (Å²) in [6.45, 7) is 1.08. The van der Waals surface area contributed by atoms with Crippen molar-refractivity contribution < 1.29 is 4.39 Å². The van der Waals surface area contributed by atoms with Crippen LogP contribution in [0.1, 0.15) is 18.4 Å². The Morgan fingerprint density at radius 3 is 2.92 bits per heavy atom. The van der Waals surface area contributed by atoms with Crippen LogP contribution in [0.5, 0.6) is 0 Å². The third kappa shape index (κ3) is 2.07. The Kier molecular flexibility index (Phi) is 2.60. The lowest BCUT2D eigenvalue weighted by Crippen LogP contribution is -2.23. The molecule has 0 radical (unpaired) electrons. The van der Waals surface area contributed by atoms with Crippen LogP contribution in [0.3, 0.4) is 0 Å². The molecule has 1 aliphatic heterocycles. The van der Waals surface area contributed by atoms with E-state index in [0.717, 1.165) is 18.5 Å². The minimum atomic E-state index is -0.0730. The van der Waals surface area contributed by atoms with E-state index in [4.69, 9.17) is 0 Å². The molecule has 1 fully saturated rings. The SMILES string of the molecule is Fc1ccccc1C[C@@H]1CCCN1. The minimum absolute atomic E-state index is 0.0730. The van der Waals surface area contributed by atoms with Gasteiger partial charge in [-0.3, -0.25) is 0 Å². The Morgan fingerprint density at radius 2 is 2.23 bits per heavy atom. The van der Waals surface area contributed by atoms with Crippen LogP contribution in [0.25, 0.3) is 0 Å². The average Bonchev–Trinajstić information content (AvgIpc) is 2.61. The minimum Gasteiger partial charge on any atom is -0.314 e. The maximum Gasteiger partial charge on any atom is 0.126 e. The van der Waals surface area contributed by atoms with Gasteiger partial charge in [0.15, 0.2) is 0 Å². The Balaban J connectivity index is 2.04. The first-order valence-corrected chi connectivity index (χ1v) is 4.83. The second-order valence-electron chi connectivity index (χ2n) is 3.59. The van der Waals surface area contributed by atoms with E-state index < -0.39 is 0 Å². The molecule has 1 aromatic rings. The molecule has 1 saturated heterocycles. The van der Waals surface area contributed by atoms with E-state index in [-0.39, 0.29) is 5.82 Å². The fourth-order valence-electron chi connectivity index (χ4n) is 1.86. The lowest BCUT2D eigenvalue weighted by atomic mass is 10.0. The Labute approximate surface area is 78.0 Å². The molecule has 0 bridgehead atoms.